The van der Waals surface area contributed by atoms with Crippen LogP contribution in [0, 0.1) is 5.82 Å². The van der Waals surface area contributed by atoms with Crippen LogP contribution < -0.4 is 4.72 Å². The molecule has 5 nitrogen and oxygen atoms in total. The van der Waals surface area contributed by atoms with Crippen molar-refractivity contribution < 1.29 is 22.3 Å². The number of furan rings is 1. The Morgan fingerprint density at radius 2 is 1.92 bits per heavy atom. The molecule has 0 aliphatic heterocycles. The number of nitrogens with one attached hydrogen (secondary N) is 1. The standard InChI is InChI=1S/C17H16FNO4S2/c18-13-5-3-12(4-6-13)11-25(21,22)19-10-14-7-8-16(24-14)17(20)15-2-1-9-23-15/h1-9,17,19-20H,10-11H2. The van der Waals surface area contributed by atoms with Gasteiger partial charge in [-0.05, 0) is 42.0 Å². The van der Waals surface area contributed by atoms with Crippen molar-refractivity contribution in [2.24, 2.45) is 0 Å². The summed E-state index contributed by atoms with van der Waals surface area (Å²) in [7, 11) is -3.55. The molecule has 2 heterocycles. The molecule has 0 radical (unpaired) electrons. The van der Waals surface area contributed by atoms with Gasteiger partial charge in [0, 0.05) is 16.3 Å². The fourth-order valence-electron chi connectivity index (χ4n) is 2.26. The molecule has 1 unspecified atom stereocenters. The largest absolute Gasteiger partial charge is 0.466 e. The van der Waals surface area contributed by atoms with Gasteiger partial charge in [0.25, 0.3) is 0 Å². The Hall–Kier alpha value is -2.00. The molecular formula is C17H16FNO4S2. The molecule has 2 aromatic heterocycles. The number of benzene rings is 1. The normalized spacial score (nSPS) is 13.0. The minimum Gasteiger partial charge on any atom is -0.466 e. The molecule has 1 aromatic carbocycles. The summed E-state index contributed by atoms with van der Waals surface area (Å²) >= 11 is 1.30. The minimum absolute atomic E-state index is 0.124. The Morgan fingerprint density at radius 3 is 2.60 bits per heavy atom. The smallest absolute Gasteiger partial charge is 0.216 e. The minimum atomic E-state index is -3.55. The molecule has 8 heteroatoms. The average Bonchev–Trinajstić information content (AvgIpc) is 3.26. The Bertz CT molecular complexity index is 918. The third-order valence-electron chi connectivity index (χ3n) is 3.50. The second kappa shape index (κ2) is 7.49. The number of hydrogen-bond acceptors (Lipinski definition) is 5. The summed E-state index contributed by atoms with van der Waals surface area (Å²) in [6.45, 7) is 0.124. The molecular weight excluding hydrogens is 365 g/mol. The Labute approximate surface area is 148 Å². The van der Waals surface area contributed by atoms with Gasteiger partial charge in [-0.15, -0.1) is 11.3 Å². The van der Waals surface area contributed by atoms with Crippen LogP contribution in [0.25, 0.3) is 0 Å². The fourth-order valence-corrected chi connectivity index (χ4v) is 4.40. The van der Waals surface area contributed by atoms with Crippen molar-refractivity contribution in [3.63, 3.8) is 0 Å². The van der Waals surface area contributed by atoms with Crippen LogP contribution in [0.3, 0.4) is 0 Å². The van der Waals surface area contributed by atoms with Gasteiger partial charge in [0.1, 0.15) is 17.7 Å². The summed E-state index contributed by atoms with van der Waals surface area (Å²) in [5, 5.41) is 10.2. The zero-order valence-corrected chi connectivity index (χ0v) is 14.7. The van der Waals surface area contributed by atoms with E-state index in [0.29, 0.717) is 16.2 Å². The van der Waals surface area contributed by atoms with Crippen molar-refractivity contribution in [1.29, 1.82) is 0 Å². The van der Waals surface area contributed by atoms with Gasteiger partial charge < -0.3 is 9.52 Å². The van der Waals surface area contributed by atoms with E-state index < -0.39 is 21.9 Å². The van der Waals surface area contributed by atoms with Gasteiger partial charge in [0.15, 0.2) is 0 Å². The van der Waals surface area contributed by atoms with Crippen molar-refractivity contribution in [3.8, 4) is 0 Å². The van der Waals surface area contributed by atoms with Gasteiger partial charge in [-0.2, -0.15) is 0 Å². The first-order valence-corrected chi connectivity index (χ1v) is 9.92. The van der Waals surface area contributed by atoms with Gasteiger partial charge >= 0.3 is 0 Å². The number of sulfonamides is 1. The summed E-state index contributed by atoms with van der Waals surface area (Å²) < 4.78 is 44.8. The molecule has 0 saturated heterocycles. The Balaban J connectivity index is 1.60. The van der Waals surface area contributed by atoms with Gasteiger partial charge in [0.05, 0.1) is 12.0 Å². The van der Waals surface area contributed by atoms with E-state index in [2.05, 4.69) is 4.72 Å². The van der Waals surface area contributed by atoms with Crippen molar-refractivity contribution in [3.05, 3.63) is 81.7 Å². The van der Waals surface area contributed by atoms with Crippen molar-refractivity contribution in [1.82, 2.24) is 4.72 Å². The zero-order valence-electron chi connectivity index (χ0n) is 13.1. The molecule has 0 aliphatic carbocycles. The highest BCUT2D eigenvalue weighted by atomic mass is 32.2. The maximum Gasteiger partial charge on any atom is 0.216 e. The molecule has 2 N–H and O–H groups in total. The SMILES string of the molecule is O=S(=O)(Cc1ccc(F)cc1)NCc1ccc(C(O)c2ccco2)s1. The number of hydrogen-bond donors (Lipinski definition) is 2. The third-order valence-corrected chi connectivity index (χ3v) is 5.94. The fraction of sp³-hybridized carbons (Fsp3) is 0.176. The first-order valence-electron chi connectivity index (χ1n) is 7.45. The first kappa shape index (κ1) is 17.8. The van der Waals surface area contributed by atoms with Gasteiger partial charge in [-0.3, -0.25) is 0 Å². The molecule has 3 aromatic rings. The quantitative estimate of drug-likeness (QED) is 0.659. The van der Waals surface area contributed by atoms with Crippen LogP contribution in [0.15, 0.2) is 59.2 Å². The summed E-state index contributed by atoms with van der Waals surface area (Å²) in [5.74, 6) is -0.193. The summed E-state index contributed by atoms with van der Waals surface area (Å²) in [5.41, 5.74) is 0.508. The van der Waals surface area contributed by atoms with Crippen LogP contribution in [-0.2, 0) is 22.3 Å². The molecule has 0 fully saturated rings. The van der Waals surface area contributed by atoms with Crippen molar-refractivity contribution >= 4 is 21.4 Å². The summed E-state index contributed by atoms with van der Waals surface area (Å²) in [6, 6.07) is 12.2. The molecule has 0 saturated carbocycles. The predicted molar refractivity (Wildman–Crippen MR) is 93.0 cm³/mol. The van der Waals surface area contributed by atoms with E-state index in [1.807, 2.05) is 0 Å². The number of rotatable bonds is 7. The molecule has 0 aliphatic rings. The molecule has 0 spiro atoms. The zero-order chi connectivity index (χ0) is 17.9. The van der Waals surface area contributed by atoms with Crippen molar-refractivity contribution in [2.75, 3.05) is 0 Å². The highest BCUT2D eigenvalue weighted by molar-refractivity contribution is 7.88. The topological polar surface area (TPSA) is 79.5 Å². The van der Waals surface area contributed by atoms with E-state index in [-0.39, 0.29) is 12.3 Å². The average molecular weight is 381 g/mol. The lowest BCUT2D eigenvalue weighted by Gasteiger charge is -2.06. The van der Waals surface area contributed by atoms with Gasteiger partial charge in [0.2, 0.25) is 10.0 Å². The predicted octanol–water partition coefficient (Wildman–Crippen LogP) is 3.18. The molecule has 0 bridgehead atoms. The van der Waals surface area contributed by atoms with E-state index in [9.17, 15) is 17.9 Å². The monoisotopic (exact) mass is 381 g/mol. The van der Waals surface area contributed by atoms with E-state index >= 15 is 0 Å². The molecule has 132 valence electrons. The molecule has 1 atom stereocenters. The number of thiophene rings is 1. The lowest BCUT2D eigenvalue weighted by molar-refractivity contribution is 0.193. The lowest BCUT2D eigenvalue weighted by Crippen LogP contribution is -2.24. The second-order valence-corrected chi connectivity index (χ2v) is 8.44. The first-order chi connectivity index (χ1) is 11.9. The van der Waals surface area contributed by atoms with Crippen molar-refractivity contribution in [2.45, 2.75) is 18.4 Å². The lowest BCUT2D eigenvalue weighted by atomic mass is 10.2. The van der Waals surface area contributed by atoms with Crippen LogP contribution in [0.1, 0.15) is 27.2 Å². The molecule has 0 amide bonds. The van der Waals surface area contributed by atoms with E-state index in [0.717, 1.165) is 4.88 Å². The second-order valence-electron chi connectivity index (χ2n) is 5.43. The summed E-state index contributed by atoms with van der Waals surface area (Å²) in [6.07, 6.45) is 0.612. The maximum absolute atomic E-state index is 12.9. The van der Waals surface area contributed by atoms with E-state index in [4.69, 9.17) is 4.42 Å². The van der Waals surface area contributed by atoms with Crippen LogP contribution in [-0.4, -0.2) is 13.5 Å². The van der Waals surface area contributed by atoms with Crippen LogP contribution in [0.5, 0.6) is 0 Å². The van der Waals surface area contributed by atoms with E-state index in [1.54, 1.807) is 24.3 Å². The van der Waals surface area contributed by atoms with E-state index in [1.165, 1.54) is 41.9 Å². The third kappa shape index (κ3) is 4.76. The summed E-state index contributed by atoms with van der Waals surface area (Å²) in [4.78, 5) is 1.44. The highest BCUT2D eigenvalue weighted by Gasteiger charge is 2.17. The Morgan fingerprint density at radius 1 is 1.16 bits per heavy atom. The molecule has 3 rings (SSSR count). The van der Waals surface area contributed by atoms with Crippen LogP contribution >= 0.6 is 11.3 Å². The number of halogens is 1. The van der Waals surface area contributed by atoms with Crippen LogP contribution in [0.4, 0.5) is 4.39 Å². The number of aliphatic hydroxyl groups excluding tert-OH is 1. The Kier molecular flexibility index (Phi) is 5.33. The number of aliphatic hydroxyl groups is 1. The van der Waals surface area contributed by atoms with Gasteiger partial charge in [-0.25, -0.2) is 17.5 Å². The van der Waals surface area contributed by atoms with Crippen LogP contribution in [0.2, 0.25) is 0 Å². The molecule has 25 heavy (non-hydrogen) atoms. The highest BCUT2D eigenvalue weighted by Crippen LogP contribution is 2.28. The van der Waals surface area contributed by atoms with Gasteiger partial charge in [-0.1, -0.05) is 12.1 Å². The maximum atomic E-state index is 12.9.